The Bertz CT molecular complexity index is 587. The molecular weight excluding hydrogens is 236 g/mol. The number of nitrogens with zero attached hydrogens (tertiary/aromatic N) is 1. The molecular formula is C16H16N2O. The van der Waals surface area contributed by atoms with Crippen molar-refractivity contribution in [3.63, 3.8) is 0 Å². The van der Waals surface area contributed by atoms with Crippen molar-refractivity contribution in [3.05, 3.63) is 65.2 Å². The number of ether oxygens (including phenoxy) is 1. The highest BCUT2D eigenvalue weighted by molar-refractivity contribution is 5.52. The number of hydrogen-bond acceptors (Lipinski definition) is 3. The van der Waals surface area contributed by atoms with Gasteiger partial charge in [-0.25, -0.2) is 0 Å². The van der Waals surface area contributed by atoms with E-state index in [2.05, 4.69) is 11.4 Å². The zero-order chi connectivity index (χ0) is 13.5. The van der Waals surface area contributed by atoms with Crippen molar-refractivity contribution >= 4 is 5.69 Å². The van der Waals surface area contributed by atoms with Gasteiger partial charge in [-0.15, -0.1) is 0 Å². The van der Waals surface area contributed by atoms with E-state index in [1.54, 1.807) is 7.11 Å². The van der Waals surface area contributed by atoms with Gasteiger partial charge in [0.1, 0.15) is 0 Å². The maximum Gasteiger partial charge on any atom is 0.0995 e. The Kier molecular flexibility index (Phi) is 4.54. The van der Waals surface area contributed by atoms with Crippen molar-refractivity contribution in [2.45, 2.75) is 13.2 Å². The highest BCUT2D eigenvalue weighted by atomic mass is 16.5. The quantitative estimate of drug-likeness (QED) is 0.887. The predicted molar refractivity (Wildman–Crippen MR) is 75.6 cm³/mol. The number of para-hydroxylation sites is 1. The fourth-order valence-corrected chi connectivity index (χ4v) is 1.95. The molecule has 0 aliphatic heterocycles. The first-order valence-electron chi connectivity index (χ1n) is 6.14. The fraction of sp³-hybridized carbons (Fsp3) is 0.188. The van der Waals surface area contributed by atoms with Gasteiger partial charge in [-0.3, -0.25) is 0 Å². The lowest BCUT2D eigenvalue weighted by Crippen LogP contribution is -2.04. The summed E-state index contributed by atoms with van der Waals surface area (Å²) in [5.74, 6) is 0. The SMILES string of the molecule is COCc1ccccc1NCc1ccccc1C#N. The van der Waals surface area contributed by atoms with Crippen molar-refractivity contribution in [3.8, 4) is 6.07 Å². The van der Waals surface area contributed by atoms with Crippen molar-refractivity contribution in [2.24, 2.45) is 0 Å². The van der Waals surface area contributed by atoms with E-state index >= 15 is 0 Å². The minimum Gasteiger partial charge on any atom is -0.381 e. The van der Waals surface area contributed by atoms with E-state index in [-0.39, 0.29) is 0 Å². The number of anilines is 1. The van der Waals surface area contributed by atoms with Gasteiger partial charge in [0.2, 0.25) is 0 Å². The molecule has 2 aromatic rings. The summed E-state index contributed by atoms with van der Waals surface area (Å²) >= 11 is 0. The first-order valence-corrected chi connectivity index (χ1v) is 6.14. The molecule has 0 spiro atoms. The molecule has 0 aliphatic rings. The monoisotopic (exact) mass is 252 g/mol. The minimum atomic E-state index is 0.572. The average Bonchev–Trinajstić information content (AvgIpc) is 2.47. The molecule has 2 rings (SSSR count). The molecule has 0 heterocycles. The molecule has 0 fully saturated rings. The van der Waals surface area contributed by atoms with Gasteiger partial charge in [-0.1, -0.05) is 36.4 Å². The molecule has 0 radical (unpaired) electrons. The third-order valence-electron chi connectivity index (χ3n) is 2.92. The zero-order valence-corrected chi connectivity index (χ0v) is 10.9. The minimum absolute atomic E-state index is 0.572. The molecule has 3 nitrogen and oxygen atoms in total. The number of nitriles is 1. The summed E-state index contributed by atoms with van der Waals surface area (Å²) in [7, 11) is 1.68. The van der Waals surface area contributed by atoms with Crippen LogP contribution in [0.5, 0.6) is 0 Å². The first-order chi connectivity index (χ1) is 9.35. The van der Waals surface area contributed by atoms with Gasteiger partial charge in [0, 0.05) is 24.9 Å². The molecule has 96 valence electrons. The van der Waals surface area contributed by atoms with Gasteiger partial charge in [0.05, 0.1) is 18.2 Å². The lowest BCUT2D eigenvalue weighted by molar-refractivity contribution is 0.185. The highest BCUT2D eigenvalue weighted by Crippen LogP contribution is 2.17. The van der Waals surface area contributed by atoms with Crippen LogP contribution in [0.1, 0.15) is 16.7 Å². The molecule has 19 heavy (non-hydrogen) atoms. The summed E-state index contributed by atoms with van der Waals surface area (Å²) in [6.07, 6.45) is 0. The predicted octanol–water partition coefficient (Wildman–Crippen LogP) is 3.32. The Morgan fingerprint density at radius 2 is 1.74 bits per heavy atom. The summed E-state index contributed by atoms with van der Waals surface area (Å²) in [4.78, 5) is 0. The standard InChI is InChI=1S/C16H16N2O/c1-19-12-15-8-4-5-9-16(15)18-11-14-7-3-2-6-13(14)10-17/h2-9,18H,11-12H2,1H3. The highest BCUT2D eigenvalue weighted by Gasteiger charge is 2.03. The molecule has 0 amide bonds. The van der Waals surface area contributed by atoms with Gasteiger partial charge < -0.3 is 10.1 Å². The first kappa shape index (κ1) is 13.1. The Hall–Kier alpha value is -2.31. The molecule has 0 atom stereocenters. The van der Waals surface area contributed by atoms with Crippen LogP contribution in [0.15, 0.2) is 48.5 Å². The lowest BCUT2D eigenvalue weighted by Gasteiger charge is -2.12. The van der Waals surface area contributed by atoms with Crippen LogP contribution in [-0.4, -0.2) is 7.11 Å². The topological polar surface area (TPSA) is 45.0 Å². The maximum absolute atomic E-state index is 9.06. The average molecular weight is 252 g/mol. The summed E-state index contributed by atoms with van der Waals surface area (Å²) in [5, 5.41) is 12.4. The Labute approximate surface area is 113 Å². The molecule has 3 heteroatoms. The van der Waals surface area contributed by atoms with E-state index in [0.29, 0.717) is 18.7 Å². The van der Waals surface area contributed by atoms with Crippen molar-refractivity contribution < 1.29 is 4.74 Å². The number of benzene rings is 2. The molecule has 2 aromatic carbocycles. The number of rotatable bonds is 5. The van der Waals surface area contributed by atoms with Gasteiger partial charge in [0.15, 0.2) is 0 Å². The Morgan fingerprint density at radius 1 is 1.05 bits per heavy atom. The third-order valence-corrected chi connectivity index (χ3v) is 2.92. The molecule has 0 unspecified atom stereocenters. The van der Waals surface area contributed by atoms with E-state index in [0.717, 1.165) is 16.8 Å². The van der Waals surface area contributed by atoms with Gasteiger partial charge >= 0.3 is 0 Å². The van der Waals surface area contributed by atoms with Crippen LogP contribution < -0.4 is 5.32 Å². The zero-order valence-electron chi connectivity index (χ0n) is 10.9. The van der Waals surface area contributed by atoms with Crippen LogP contribution in [0.25, 0.3) is 0 Å². The second-order valence-corrected chi connectivity index (χ2v) is 4.21. The fourth-order valence-electron chi connectivity index (χ4n) is 1.95. The molecule has 0 aromatic heterocycles. The Balaban J connectivity index is 2.13. The molecule has 0 saturated carbocycles. The number of methoxy groups -OCH3 is 1. The number of hydrogen-bond donors (Lipinski definition) is 1. The second-order valence-electron chi connectivity index (χ2n) is 4.21. The van der Waals surface area contributed by atoms with Crippen molar-refractivity contribution in [2.75, 3.05) is 12.4 Å². The smallest absolute Gasteiger partial charge is 0.0995 e. The van der Waals surface area contributed by atoms with Crippen molar-refractivity contribution in [1.29, 1.82) is 5.26 Å². The molecule has 1 N–H and O–H groups in total. The van der Waals surface area contributed by atoms with Crippen LogP contribution in [-0.2, 0) is 17.9 Å². The van der Waals surface area contributed by atoms with Gasteiger partial charge in [-0.2, -0.15) is 5.26 Å². The van der Waals surface area contributed by atoms with Crippen LogP contribution in [0.3, 0.4) is 0 Å². The molecule has 0 bridgehead atoms. The van der Waals surface area contributed by atoms with E-state index in [9.17, 15) is 0 Å². The van der Waals surface area contributed by atoms with Crippen LogP contribution >= 0.6 is 0 Å². The van der Waals surface area contributed by atoms with Crippen LogP contribution in [0.2, 0.25) is 0 Å². The maximum atomic E-state index is 9.06. The molecule has 0 aliphatic carbocycles. The molecule has 0 saturated heterocycles. The van der Waals surface area contributed by atoms with Crippen molar-refractivity contribution in [1.82, 2.24) is 0 Å². The van der Waals surface area contributed by atoms with Crippen LogP contribution in [0.4, 0.5) is 5.69 Å². The van der Waals surface area contributed by atoms with Gasteiger partial charge in [-0.05, 0) is 17.7 Å². The summed E-state index contributed by atoms with van der Waals surface area (Å²) in [6, 6.07) is 17.8. The summed E-state index contributed by atoms with van der Waals surface area (Å²) < 4.78 is 5.17. The van der Waals surface area contributed by atoms with E-state index in [1.807, 2.05) is 48.5 Å². The Morgan fingerprint density at radius 3 is 2.47 bits per heavy atom. The van der Waals surface area contributed by atoms with Gasteiger partial charge in [0.25, 0.3) is 0 Å². The van der Waals surface area contributed by atoms with E-state index in [1.165, 1.54) is 0 Å². The summed E-state index contributed by atoms with van der Waals surface area (Å²) in [5.41, 5.74) is 3.85. The third kappa shape index (κ3) is 3.34. The van der Waals surface area contributed by atoms with Crippen LogP contribution in [0, 0.1) is 11.3 Å². The van der Waals surface area contributed by atoms with E-state index < -0.39 is 0 Å². The number of nitrogens with one attached hydrogen (secondary N) is 1. The summed E-state index contributed by atoms with van der Waals surface area (Å²) in [6.45, 7) is 1.20. The lowest BCUT2D eigenvalue weighted by atomic mass is 10.1. The normalized spacial score (nSPS) is 9.89. The van der Waals surface area contributed by atoms with E-state index in [4.69, 9.17) is 10.00 Å². The second kappa shape index (κ2) is 6.58. The largest absolute Gasteiger partial charge is 0.381 e.